The second kappa shape index (κ2) is 4.75. The van der Waals surface area contributed by atoms with Gasteiger partial charge in [0.15, 0.2) is 5.82 Å². The first-order valence-corrected chi connectivity index (χ1v) is 6.52. The van der Waals surface area contributed by atoms with Gasteiger partial charge in [-0.05, 0) is 18.4 Å². The SMILES string of the molecule is NC(CO)c1nc(C2(c3ccccc3)CCC2)no1. The van der Waals surface area contributed by atoms with Gasteiger partial charge in [-0.15, -0.1) is 0 Å². The van der Waals surface area contributed by atoms with E-state index in [-0.39, 0.29) is 12.0 Å². The van der Waals surface area contributed by atoms with Crippen molar-refractivity contribution in [1.82, 2.24) is 10.1 Å². The van der Waals surface area contributed by atoms with E-state index >= 15 is 0 Å². The van der Waals surface area contributed by atoms with Crippen molar-refractivity contribution >= 4 is 0 Å². The highest BCUT2D eigenvalue weighted by Gasteiger charge is 2.44. The molecular formula is C14H17N3O2. The zero-order valence-electron chi connectivity index (χ0n) is 10.6. The number of rotatable bonds is 4. The van der Waals surface area contributed by atoms with Crippen LogP contribution in [0.4, 0.5) is 0 Å². The van der Waals surface area contributed by atoms with Gasteiger partial charge in [-0.1, -0.05) is 41.9 Å². The Balaban J connectivity index is 1.97. The first-order valence-electron chi connectivity index (χ1n) is 6.52. The lowest BCUT2D eigenvalue weighted by molar-refractivity contribution is 0.234. The van der Waals surface area contributed by atoms with E-state index in [2.05, 4.69) is 22.3 Å². The zero-order valence-corrected chi connectivity index (χ0v) is 10.6. The molecular weight excluding hydrogens is 242 g/mol. The smallest absolute Gasteiger partial charge is 0.245 e. The van der Waals surface area contributed by atoms with Gasteiger partial charge in [0.05, 0.1) is 12.0 Å². The summed E-state index contributed by atoms with van der Waals surface area (Å²) >= 11 is 0. The molecule has 0 bridgehead atoms. The molecule has 1 aliphatic rings. The van der Waals surface area contributed by atoms with Gasteiger partial charge < -0.3 is 15.4 Å². The maximum Gasteiger partial charge on any atom is 0.245 e. The molecule has 1 heterocycles. The molecule has 0 aliphatic heterocycles. The molecule has 1 atom stereocenters. The summed E-state index contributed by atoms with van der Waals surface area (Å²) < 4.78 is 5.17. The predicted octanol–water partition coefficient (Wildman–Crippen LogP) is 1.53. The summed E-state index contributed by atoms with van der Waals surface area (Å²) in [6, 6.07) is 9.64. The summed E-state index contributed by atoms with van der Waals surface area (Å²) in [6.45, 7) is -0.194. The largest absolute Gasteiger partial charge is 0.394 e. The van der Waals surface area contributed by atoms with E-state index in [1.165, 1.54) is 5.56 Å². The molecule has 0 spiro atoms. The summed E-state index contributed by atoms with van der Waals surface area (Å²) in [7, 11) is 0. The molecule has 1 aromatic carbocycles. The number of benzene rings is 1. The average molecular weight is 259 g/mol. The van der Waals surface area contributed by atoms with E-state index in [1.807, 2.05) is 18.2 Å². The van der Waals surface area contributed by atoms with Gasteiger partial charge >= 0.3 is 0 Å². The minimum absolute atomic E-state index is 0.141. The van der Waals surface area contributed by atoms with Gasteiger partial charge in [-0.3, -0.25) is 0 Å². The number of hydrogen-bond acceptors (Lipinski definition) is 5. The number of nitrogens with two attached hydrogens (primary N) is 1. The van der Waals surface area contributed by atoms with Crippen LogP contribution in [0.1, 0.15) is 42.6 Å². The fourth-order valence-corrected chi connectivity index (χ4v) is 2.59. The summed E-state index contributed by atoms with van der Waals surface area (Å²) in [5, 5.41) is 13.1. The van der Waals surface area contributed by atoms with Gasteiger partial charge in [0.2, 0.25) is 5.89 Å². The number of hydrogen-bond donors (Lipinski definition) is 2. The molecule has 1 unspecified atom stereocenters. The summed E-state index contributed by atoms with van der Waals surface area (Å²) in [5.74, 6) is 0.989. The first-order chi connectivity index (χ1) is 9.26. The molecule has 1 aromatic heterocycles. The molecule has 0 saturated heterocycles. The third-order valence-electron chi connectivity index (χ3n) is 3.92. The van der Waals surface area contributed by atoms with E-state index in [0.717, 1.165) is 19.3 Å². The number of nitrogens with zero attached hydrogens (tertiary/aromatic N) is 2. The normalized spacial score (nSPS) is 18.8. The summed E-state index contributed by atoms with van der Waals surface area (Å²) in [6.07, 6.45) is 3.19. The molecule has 3 rings (SSSR count). The highest BCUT2D eigenvalue weighted by molar-refractivity contribution is 5.35. The fourth-order valence-electron chi connectivity index (χ4n) is 2.59. The Kier molecular flexibility index (Phi) is 3.08. The standard InChI is InChI=1S/C14H17N3O2/c15-11(9-18)12-16-13(17-19-12)14(7-4-8-14)10-5-2-1-3-6-10/h1-3,5-6,11,18H,4,7-9,15H2. The molecule has 1 aliphatic carbocycles. The van der Waals surface area contributed by atoms with E-state index in [0.29, 0.717) is 11.7 Å². The topological polar surface area (TPSA) is 85.2 Å². The molecule has 2 aromatic rings. The van der Waals surface area contributed by atoms with Crippen LogP contribution in [-0.4, -0.2) is 21.9 Å². The Bertz CT molecular complexity index is 549. The first kappa shape index (κ1) is 12.3. The van der Waals surface area contributed by atoms with Crippen molar-refractivity contribution in [2.75, 3.05) is 6.61 Å². The van der Waals surface area contributed by atoms with Crippen LogP contribution in [0.2, 0.25) is 0 Å². The molecule has 19 heavy (non-hydrogen) atoms. The van der Waals surface area contributed by atoms with Gasteiger partial charge in [0, 0.05) is 0 Å². The highest BCUT2D eigenvalue weighted by Crippen LogP contribution is 2.47. The van der Waals surface area contributed by atoms with E-state index < -0.39 is 6.04 Å². The lowest BCUT2D eigenvalue weighted by atomic mass is 9.64. The number of aliphatic hydroxyl groups is 1. The average Bonchev–Trinajstić information content (AvgIpc) is 2.88. The molecule has 3 N–H and O–H groups in total. The lowest BCUT2D eigenvalue weighted by Gasteiger charge is -2.39. The van der Waals surface area contributed by atoms with Crippen molar-refractivity contribution in [3.63, 3.8) is 0 Å². The molecule has 5 nitrogen and oxygen atoms in total. The van der Waals surface area contributed by atoms with Crippen LogP contribution in [0, 0.1) is 0 Å². The van der Waals surface area contributed by atoms with Crippen molar-refractivity contribution in [2.45, 2.75) is 30.7 Å². The van der Waals surface area contributed by atoms with E-state index in [9.17, 15) is 0 Å². The minimum Gasteiger partial charge on any atom is -0.394 e. The van der Waals surface area contributed by atoms with Crippen molar-refractivity contribution in [3.8, 4) is 0 Å². The Morgan fingerprint density at radius 2 is 2.05 bits per heavy atom. The van der Waals surface area contributed by atoms with Gasteiger partial charge in [-0.25, -0.2) is 0 Å². The van der Waals surface area contributed by atoms with Crippen LogP contribution in [0.25, 0.3) is 0 Å². The third kappa shape index (κ3) is 1.95. The Labute approximate surface area is 111 Å². The highest BCUT2D eigenvalue weighted by atomic mass is 16.5. The third-order valence-corrected chi connectivity index (χ3v) is 3.92. The molecule has 5 heteroatoms. The van der Waals surface area contributed by atoms with Crippen molar-refractivity contribution < 1.29 is 9.63 Å². The lowest BCUT2D eigenvalue weighted by Crippen LogP contribution is -2.36. The Morgan fingerprint density at radius 3 is 2.63 bits per heavy atom. The van der Waals surface area contributed by atoms with Gasteiger partial charge in [-0.2, -0.15) is 4.98 Å². The summed E-state index contributed by atoms with van der Waals surface area (Å²) in [5.41, 5.74) is 6.78. The second-order valence-electron chi connectivity index (χ2n) is 5.05. The monoisotopic (exact) mass is 259 g/mol. The van der Waals surface area contributed by atoms with E-state index in [4.69, 9.17) is 15.4 Å². The van der Waals surface area contributed by atoms with Crippen molar-refractivity contribution in [3.05, 3.63) is 47.6 Å². The maximum atomic E-state index is 9.04. The second-order valence-corrected chi connectivity index (χ2v) is 5.05. The van der Waals surface area contributed by atoms with Crippen LogP contribution in [0.3, 0.4) is 0 Å². The van der Waals surface area contributed by atoms with Gasteiger partial charge in [0.1, 0.15) is 6.04 Å². The van der Waals surface area contributed by atoms with Crippen LogP contribution in [-0.2, 0) is 5.41 Å². The predicted molar refractivity (Wildman–Crippen MR) is 69.4 cm³/mol. The minimum atomic E-state index is -0.603. The molecule has 1 fully saturated rings. The summed E-state index contributed by atoms with van der Waals surface area (Å²) in [4.78, 5) is 4.39. The van der Waals surface area contributed by atoms with Crippen molar-refractivity contribution in [1.29, 1.82) is 0 Å². The quantitative estimate of drug-likeness (QED) is 0.869. The van der Waals surface area contributed by atoms with Crippen LogP contribution in [0.5, 0.6) is 0 Å². The van der Waals surface area contributed by atoms with Crippen LogP contribution >= 0.6 is 0 Å². The molecule has 0 amide bonds. The fraction of sp³-hybridized carbons (Fsp3) is 0.429. The zero-order chi connectivity index (χ0) is 13.3. The molecule has 0 radical (unpaired) electrons. The number of aliphatic hydroxyl groups excluding tert-OH is 1. The van der Waals surface area contributed by atoms with Crippen LogP contribution in [0.15, 0.2) is 34.9 Å². The van der Waals surface area contributed by atoms with Crippen LogP contribution < -0.4 is 5.73 Å². The van der Waals surface area contributed by atoms with Gasteiger partial charge in [0.25, 0.3) is 0 Å². The molecule has 1 saturated carbocycles. The Hall–Kier alpha value is -1.72. The van der Waals surface area contributed by atoms with E-state index in [1.54, 1.807) is 0 Å². The molecule has 100 valence electrons. The Morgan fingerprint density at radius 1 is 1.32 bits per heavy atom. The maximum absolute atomic E-state index is 9.04. The van der Waals surface area contributed by atoms with Crippen molar-refractivity contribution in [2.24, 2.45) is 5.73 Å². The number of aromatic nitrogens is 2.